The topological polar surface area (TPSA) is 83.7 Å². The molecule has 0 bridgehead atoms. The number of rotatable bonds is 6. The molecular formula is C19H17F2IN2O4. The van der Waals surface area contributed by atoms with E-state index in [0.717, 1.165) is 6.07 Å². The molecule has 3 aromatic rings. The van der Waals surface area contributed by atoms with Crippen LogP contribution in [0.1, 0.15) is 0 Å². The number of nitrogens with zero attached hydrogens (tertiary/aromatic N) is 1. The fourth-order valence-electron chi connectivity index (χ4n) is 2.71. The molecular weight excluding hydrogens is 485 g/mol. The van der Waals surface area contributed by atoms with Crippen LogP contribution < -0.4 is 15.5 Å². The predicted octanol–water partition coefficient (Wildman–Crippen LogP) is 2.90. The number of aromatic nitrogens is 1. The van der Waals surface area contributed by atoms with Crippen molar-refractivity contribution in [3.63, 3.8) is 0 Å². The molecule has 0 saturated heterocycles. The summed E-state index contributed by atoms with van der Waals surface area (Å²) in [6, 6.07) is 6.78. The maximum Gasteiger partial charge on any atom is 0.233 e. The number of fused-ring (bicyclic) bond motifs is 1. The number of hydrogen-bond donors (Lipinski definition) is 3. The van der Waals surface area contributed by atoms with Gasteiger partial charge in [0.25, 0.3) is 0 Å². The number of aliphatic hydroxyl groups is 2. The highest BCUT2D eigenvalue weighted by atomic mass is 127. The molecule has 1 unspecified atom stereocenters. The minimum atomic E-state index is -1.15. The number of nitrogens with one attached hydrogen (secondary N) is 1. The Morgan fingerprint density at radius 1 is 1.25 bits per heavy atom. The van der Waals surface area contributed by atoms with Gasteiger partial charge in [-0.2, -0.15) is 0 Å². The normalized spacial score (nSPS) is 12.2. The molecule has 0 fully saturated rings. The van der Waals surface area contributed by atoms with Crippen LogP contribution in [0.4, 0.5) is 20.2 Å². The van der Waals surface area contributed by atoms with Crippen molar-refractivity contribution in [1.29, 1.82) is 0 Å². The van der Waals surface area contributed by atoms with Crippen LogP contribution in [-0.2, 0) is 7.05 Å². The van der Waals surface area contributed by atoms with Crippen LogP contribution in [0.15, 0.2) is 41.3 Å². The largest absolute Gasteiger partial charge is 0.485 e. The third-order valence-corrected chi connectivity index (χ3v) is 4.74. The van der Waals surface area contributed by atoms with Crippen molar-refractivity contribution in [1.82, 2.24) is 4.57 Å². The van der Waals surface area contributed by atoms with Gasteiger partial charge in [0.05, 0.1) is 35.1 Å². The molecule has 0 saturated carbocycles. The number of hydrogen-bond acceptors (Lipinski definition) is 5. The number of benzene rings is 2. The molecule has 0 amide bonds. The van der Waals surface area contributed by atoms with Gasteiger partial charge in [-0.25, -0.2) is 8.78 Å². The minimum Gasteiger partial charge on any atom is -0.485 e. The lowest BCUT2D eigenvalue weighted by Crippen LogP contribution is -2.24. The second-order valence-corrected chi connectivity index (χ2v) is 7.42. The summed E-state index contributed by atoms with van der Waals surface area (Å²) in [6.45, 7) is -0.801. The first-order chi connectivity index (χ1) is 13.3. The number of pyridine rings is 1. The lowest BCUT2D eigenvalue weighted by molar-refractivity contribution is 0.0531. The van der Waals surface area contributed by atoms with E-state index in [1.807, 2.05) is 22.6 Å². The Morgan fingerprint density at radius 3 is 2.68 bits per heavy atom. The van der Waals surface area contributed by atoms with E-state index in [4.69, 9.17) is 9.84 Å². The summed E-state index contributed by atoms with van der Waals surface area (Å²) in [6.07, 6.45) is 0.218. The molecule has 0 radical (unpaired) electrons. The maximum atomic E-state index is 14.2. The fourth-order valence-corrected chi connectivity index (χ4v) is 3.17. The van der Waals surface area contributed by atoms with E-state index < -0.39 is 29.8 Å². The van der Waals surface area contributed by atoms with Gasteiger partial charge in [-0.1, -0.05) is 0 Å². The molecule has 148 valence electrons. The first kappa shape index (κ1) is 20.5. The summed E-state index contributed by atoms with van der Waals surface area (Å²) in [4.78, 5) is 12.9. The van der Waals surface area contributed by atoms with Crippen molar-refractivity contribution in [2.45, 2.75) is 6.10 Å². The second-order valence-electron chi connectivity index (χ2n) is 6.18. The van der Waals surface area contributed by atoms with Crippen LogP contribution in [0.2, 0.25) is 0 Å². The lowest BCUT2D eigenvalue weighted by atomic mass is 10.1. The van der Waals surface area contributed by atoms with E-state index in [9.17, 15) is 18.7 Å². The number of aryl methyl sites for hydroxylation is 1. The third kappa shape index (κ3) is 4.26. The molecule has 1 heterocycles. The van der Waals surface area contributed by atoms with Crippen LogP contribution in [0.3, 0.4) is 0 Å². The minimum absolute atomic E-state index is 0.0831. The Morgan fingerprint density at radius 2 is 2.00 bits per heavy atom. The van der Waals surface area contributed by atoms with Crippen molar-refractivity contribution in [3.05, 3.63) is 62.0 Å². The first-order valence-corrected chi connectivity index (χ1v) is 9.34. The summed E-state index contributed by atoms with van der Waals surface area (Å²) in [5, 5.41) is 21.2. The molecule has 9 heteroatoms. The number of anilines is 2. The standard InChI is InChI=1S/C19H17F2IN2O4/c1-24-7-17(28-9-12(26)8-25)19(27)18-15(4-10(20)5-16(18)24)23-14-3-2-11(22)6-13(14)21/h2-7,12,23,25-26H,8-9H2,1H3. The molecule has 6 nitrogen and oxygen atoms in total. The highest BCUT2D eigenvalue weighted by molar-refractivity contribution is 14.1. The number of aliphatic hydroxyl groups excluding tert-OH is 2. The summed E-state index contributed by atoms with van der Waals surface area (Å²) in [7, 11) is 1.60. The zero-order chi connectivity index (χ0) is 20.4. The van der Waals surface area contributed by atoms with Crippen molar-refractivity contribution < 1.29 is 23.7 Å². The monoisotopic (exact) mass is 502 g/mol. The smallest absolute Gasteiger partial charge is 0.233 e. The van der Waals surface area contributed by atoms with Crippen LogP contribution >= 0.6 is 22.6 Å². The van der Waals surface area contributed by atoms with Crippen LogP contribution in [0.5, 0.6) is 5.75 Å². The molecule has 0 aliphatic carbocycles. The third-order valence-electron chi connectivity index (χ3n) is 4.07. The zero-order valence-electron chi connectivity index (χ0n) is 14.7. The van der Waals surface area contributed by atoms with Crippen LogP contribution in [-0.4, -0.2) is 34.1 Å². The Labute approximate surface area is 172 Å². The summed E-state index contributed by atoms with van der Waals surface area (Å²) < 4.78 is 35.9. The van der Waals surface area contributed by atoms with E-state index in [-0.39, 0.29) is 34.6 Å². The van der Waals surface area contributed by atoms with Gasteiger partial charge in [0.15, 0.2) is 5.75 Å². The molecule has 3 N–H and O–H groups in total. The van der Waals surface area contributed by atoms with Crippen LogP contribution in [0, 0.1) is 15.2 Å². The van der Waals surface area contributed by atoms with E-state index in [2.05, 4.69) is 5.32 Å². The maximum absolute atomic E-state index is 14.2. The van der Waals surface area contributed by atoms with Gasteiger partial charge >= 0.3 is 0 Å². The SMILES string of the molecule is Cn1cc(OCC(O)CO)c(=O)c2c(Nc3ccc(I)cc3F)cc(F)cc21. The number of ether oxygens (including phenoxy) is 1. The summed E-state index contributed by atoms with van der Waals surface area (Å²) in [5.74, 6) is -1.22. The highest BCUT2D eigenvalue weighted by Gasteiger charge is 2.16. The van der Waals surface area contributed by atoms with Gasteiger partial charge in [0.2, 0.25) is 5.43 Å². The van der Waals surface area contributed by atoms with E-state index in [1.54, 1.807) is 13.1 Å². The van der Waals surface area contributed by atoms with Gasteiger partial charge in [-0.3, -0.25) is 4.79 Å². The van der Waals surface area contributed by atoms with Crippen LogP contribution in [0.25, 0.3) is 10.9 Å². The molecule has 1 atom stereocenters. The van der Waals surface area contributed by atoms with Crippen molar-refractivity contribution >= 4 is 44.9 Å². The summed E-state index contributed by atoms with van der Waals surface area (Å²) >= 11 is 1.97. The average Bonchev–Trinajstić information content (AvgIpc) is 2.65. The first-order valence-electron chi connectivity index (χ1n) is 8.27. The molecule has 28 heavy (non-hydrogen) atoms. The zero-order valence-corrected chi connectivity index (χ0v) is 16.9. The fraction of sp³-hybridized carbons (Fsp3) is 0.211. The molecule has 1 aromatic heterocycles. The van der Waals surface area contributed by atoms with Crippen molar-refractivity contribution in [2.75, 3.05) is 18.5 Å². The Hall–Kier alpha value is -2.24. The van der Waals surface area contributed by atoms with Gasteiger partial charge in [0, 0.05) is 10.6 Å². The van der Waals surface area contributed by atoms with Crippen molar-refractivity contribution in [3.8, 4) is 5.75 Å². The Bertz CT molecular complexity index is 1090. The number of halogens is 3. The second kappa shape index (κ2) is 8.41. The molecule has 0 aliphatic rings. The summed E-state index contributed by atoms with van der Waals surface area (Å²) in [5.41, 5.74) is -0.0830. The Kier molecular flexibility index (Phi) is 6.16. The quantitative estimate of drug-likeness (QED) is 0.452. The van der Waals surface area contributed by atoms with Gasteiger partial charge < -0.3 is 24.8 Å². The van der Waals surface area contributed by atoms with Gasteiger partial charge in [0.1, 0.15) is 24.3 Å². The average molecular weight is 502 g/mol. The Balaban J connectivity index is 2.13. The molecule has 0 aliphatic heterocycles. The highest BCUT2D eigenvalue weighted by Crippen LogP contribution is 2.29. The lowest BCUT2D eigenvalue weighted by Gasteiger charge is -2.16. The van der Waals surface area contributed by atoms with E-state index >= 15 is 0 Å². The molecule has 3 rings (SSSR count). The van der Waals surface area contributed by atoms with Gasteiger partial charge in [-0.05, 0) is 52.9 Å². The van der Waals surface area contributed by atoms with Gasteiger partial charge in [-0.15, -0.1) is 0 Å². The molecule has 0 spiro atoms. The van der Waals surface area contributed by atoms with Crippen molar-refractivity contribution in [2.24, 2.45) is 7.05 Å². The molecule has 2 aromatic carbocycles. The predicted molar refractivity (Wildman–Crippen MR) is 110 cm³/mol. The van der Waals surface area contributed by atoms with E-state index in [1.165, 1.54) is 29.0 Å². The van der Waals surface area contributed by atoms with E-state index in [0.29, 0.717) is 3.57 Å².